The number of ether oxygens (including phenoxy) is 1. The summed E-state index contributed by atoms with van der Waals surface area (Å²) < 4.78 is 5.61. The van der Waals surface area contributed by atoms with Gasteiger partial charge in [0.1, 0.15) is 6.10 Å². The zero-order valence-corrected chi connectivity index (χ0v) is 13.5. The molecule has 0 aliphatic heterocycles. The van der Waals surface area contributed by atoms with Crippen LogP contribution in [0.2, 0.25) is 5.02 Å². The molecular weight excluding hydrogens is 298 g/mol. The monoisotopic (exact) mass is 317 g/mol. The van der Waals surface area contributed by atoms with Crippen molar-refractivity contribution in [2.45, 2.75) is 32.6 Å². The molecular formula is C18H20ClNO2. The molecule has 22 heavy (non-hydrogen) atoms. The van der Waals surface area contributed by atoms with Crippen molar-refractivity contribution >= 4 is 17.5 Å². The van der Waals surface area contributed by atoms with Gasteiger partial charge in [-0.3, -0.25) is 4.79 Å². The lowest BCUT2D eigenvalue weighted by Gasteiger charge is -2.18. The zero-order valence-electron chi connectivity index (χ0n) is 12.8. The highest BCUT2D eigenvalue weighted by atomic mass is 35.5. The highest BCUT2D eigenvalue weighted by Crippen LogP contribution is 2.17. The van der Waals surface area contributed by atoms with E-state index in [-0.39, 0.29) is 11.9 Å². The van der Waals surface area contributed by atoms with Gasteiger partial charge >= 0.3 is 0 Å². The lowest BCUT2D eigenvalue weighted by Crippen LogP contribution is -2.36. The maximum atomic E-state index is 12.2. The van der Waals surface area contributed by atoms with E-state index in [4.69, 9.17) is 16.3 Å². The Bertz CT molecular complexity index is 615. The highest BCUT2D eigenvalue weighted by Gasteiger charge is 2.16. The molecule has 2 atom stereocenters. The first-order chi connectivity index (χ1) is 10.6. The van der Waals surface area contributed by atoms with E-state index >= 15 is 0 Å². The number of benzene rings is 2. The number of halogens is 1. The molecule has 1 N–H and O–H groups in total. The summed E-state index contributed by atoms with van der Waals surface area (Å²) >= 11 is 5.97. The molecule has 1 amide bonds. The predicted octanol–water partition coefficient (Wildman–Crippen LogP) is 4.12. The molecule has 2 aromatic carbocycles. The molecule has 0 spiro atoms. The van der Waals surface area contributed by atoms with Crippen molar-refractivity contribution in [1.82, 2.24) is 5.32 Å². The van der Waals surface area contributed by atoms with Crippen LogP contribution < -0.4 is 5.32 Å². The zero-order chi connectivity index (χ0) is 15.9. The number of amides is 1. The van der Waals surface area contributed by atoms with E-state index in [0.29, 0.717) is 11.6 Å². The second-order valence-corrected chi connectivity index (χ2v) is 5.66. The SMILES string of the molecule is C[C@H](NC(=O)[C@@H](C)OCc1ccccc1)c1cccc(Cl)c1. The van der Waals surface area contributed by atoms with Gasteiger partial charge in [-0.2, -0.15) is 0 Å². The average Bonchev–Trinajstić information content (AvgIpc) is 2.53. The standard InChI is InChI=1S/C18H20ClNO2/c1-13(16-9-6-10-17(19)11-16)20-18(21)14(2)22-12-15-7-4-3-5-8-15/h3-11,13-14H,12H2,1-2H3,(H,20,21)/t13-,14+/m0/s1. The molecule has 0 radical (unpaired) electrons. The van der Waals surface area contributed by atoms with Gasteiger partial charge in [0.25, 0.3) is 0 Å². The van der Waals surface area contributed by atoms with E-state index in [9.17, 15) is 4.79 Å². The molecule has 0 heterocycles. The molecule has 0 aliphatic rings. The van der Waals surface area contributed by atoms with Gasteiger partial charge in [0.05, 0.1) is 12.6 Å². The lowest BCUT2D eigenvalue weighted by atomic mass is 10.1. The van der Waals surface area contributed by atoms with Crippen molar-refractivity contribution in [3.05, 3.63) is 70.7 Å². The molecule has 2 rings (SSSR count). The number of hydrogen-bond donors (Lipinski definition) is 1. The van der Waals surface area contributed by atoms with Gasteiger partial charge in [-0.15, -0.1) is 0 Å². The van der Waals surface area contributed by atoms with Gasteiger partial charge in [0.2, 0.25) is 5.91 Å². The topological polar surface area (TPSA) is 38.3 Å². The molecule has 0 unspecified atom stereocenters. The van der Waals surface area contributed by atoms with E-state index in [0.717, 1.165) is 11.1 Å². The van der Waals surface area contributed by atoms with Crippen LogP contribution in [0.3, 0.4) is 0 Å². The minimum absolute atomic E-state index is 0.117. The third-order valence-corrected chi connectivity index (χ3v) is 3.65. The maximum Gasteiger partial charge on any atom is 0.249 e. The number of nitrogens with one attached hydrogen (secondary N) is 1. The molecule has 4 heteroatoms. The summed E-state index contributed by atoms with van der Waals surface area (Å²) in [5.74, 6) is -0.136. The minimum Gasteiger partial charge on any atom is -0.364 e. The van der Waals surface area contributed by atoms with Crippen molar-refractivity contribution in [2.24, 2.45) is 0 Å². The quantitative estimate of drug-likeness (QED) is 0.870. The van der Waals surface area contributed by atoms with Crippen LogP contribution in [-0.4, -0.2) is 12.0 Å². The van der Waals surface area contributed by atoms with Crippen LogP contribution in [-0.2, 0) is 16.1 Å². The Balaban J connectivity index is 1.85. The number of carbonyl (C=O) groups excluding carboxylic acids is 1. The van der Waals surface area contributed by atoms with Crippen LogP contribution in [0, 0.1) is 0 Å². The molecule has 3 nitrogen and oxygen atoms in total. The summed E-state index contributed by atoms with van der Waals surface area (Å²) in [7, 11) is 0. The van der Waals surface area contributed by atoms with E-state index < -0.39 is 6.10 Å². The Morgan fingerprint density at radius 1 is 1.14 bits per heavy atom. The van der Waals surface area contributed by atoms with Crippen molar-refractivity contribution in [3.8, 4) is 0 Å². The van der Waals surface area contributed by atoms with Crippen LogP contribution >= 0.6 is 11.6 Å². The molecule has 2 aromatic rings. The molecule has 0 saturated heterocycles. The summed E-state index contributed by atoms with van der Waals surface area (Å²) in [5.41, 5.74) is 2.01. The summed E-state index contributed by atoms with van der Waals surface area (Å²) in [6.07, 6.45) is -0.512. The van der Waals surface area contributed by atoms with Crippen molar-refractivity contribution in [1.29, 1.82) is 0 Å². The Labute approximate surface area is 136 Å². The Kier molecular flexibility index (Phi) is 5.99. The van der Waals surface area contributed by atoms with Crippen LogP contribution in [0.1, 0.15) is 31.0 Å². The molecule has 0 fully saturated rings. The second kappa shape index (κ2) is 7.97. The van der Waals surface area contributed by atoms with Gasteiger partial charge in [-0.1, -0.05) is 54.1 Å². The van der Waals surface area contributed by atoms with E-state index in [1.54, 1.807) is 6.92 Å². The molecule has 116 valence electrons. The maximum absolute atomic E-state index is 12.2. The largest absolute Gasteiger partial charge is 0.364 e. The summed E-state index contributed by atoms with van der Waals surface area (Å²) in [6, 6.07) is 17.1. The van der Waals surface area contributed by atoms with Crippen molar-refractivity contribution in [3.63, 3.8) is 0 Å². The third-order valence-electron chi connectivity index (χ3n) is 3.42. The molecule has 0 aliphatic carbocycles. The fraction of sp³-hybridized carbons (Fsp3) is 0.278. The number of carbonyl (C=O) groups is 1. The van der Waals surface area contributed by atoms with E-state index in [1.807, 2.05) is 61.5 Å². The smallest absolute Gasteiger partial charge is 0.249 e. The number of hydrogen-bond acceptors (Lipinski definition) is 2. The average molecular weight is 318 g/mol. The van der Waals surface area contributed by atoms with E-state index in [2.05, 4.69) is 5.32 Å². The fourth-order valence-corrected chi connectivity index (χ4v) is 2.26. The van der Waals surface area contributed by atoms with Crippen LogP contribution in [0.5, 0.6) is 0 Å². The van der Waals surface area contributed by atoms with Gasteiger partial charge in [-0.25, -0.2) is 0 Å². The summed E-state index contributed by atoms with van der Waals surface area (Å²) in [6.45, 7) is 4.09. The molecule has 0 saturated carbocycles. The normalized spacial score (nSPS) is 13.4. The highest BCUT2D eigenvalue weighted by molar-refractivity contribution is 6.30. The van der Waals surface area contributed by atoms with E-state index in [1.165, 1.54) is 0 Å². The van der Waals surface area contributed by atoms with Gasteiger partial charge in [0.15, 0.2) is 0 Å². The summed E-state index contributed by atoms with van der Waals surface area (Å²) in [5, 5.41) is 3.60. The Morgan fingerprint density at radius 3 is 2.55 bits per heavy atom. The lowest BCUT2D eigenvalue weighted by molar-refractivity contribution is -0.133. The van der Waals surface area contributed by atoms with Gasteiger partial charge in [-0.05, 0) is 37.1 Å². The predicted molar refractivity (Wildman–Crippen MR) is 88.7 cm³/mol. The first kappa shape index (κ1) is 16.5. The Morgan fingerprint density at radius 2 is 1.86 bits per heavy atom. The summed E-state index contributed by atoms with van der Waals surface area (Å²) in [4.78, 5) is 12.2. The first-order valence-corrected chi connectivity index (χ1v) is 7.65. The van der Waals surface area contributed by atoms with Crippen LogP contribution in [0.25, 0.3) is 0 Å². The minimum atomic E-state index is -0.512. The van der Waals surface area contributed by atoms with Crippen molar-refractivity contribution in [2.75, 3.05) is 0 Å². The second-order valence-electron chi connectivity index (χ2n) is 5.22. The Hall–Kier alpha value is -1.84. The first-order valence-electron chi connectivity index (χ1n) is 7.27. The van der Waals surface area contributed by atoms with Crippen LogP contribution in [0.4, 0.5) is 0 Å². The third kappa shape index (κ3) is 4.86. The van der Waals surface area contributed by atoms with Crippen molar-refractivity contribution < 1.29 is 9.53 Å². The van der Waals surface area contributed by atoms with Gasteiger partial charge in [0, 0.05) is 5.02 Å². The van der Waals surface area contributed by atoms with Gasteiger partial charge < -0.3 is 10.1 Å². The fourth-order valence-electron chi connectivity index (χ4n) is 2.06. The number of rotatable bonds is 6. The molecule has 0 aromatic heterocycles. The molecule has 0 bridgehead atoms. The van der Waals surface area contributed by atoms with Crippen LogP contribution in [0.15, 0.2) is 54.6 Å².